The monoisotopic (exact) mass is 306 g/mol. The Balaban J connectivity index is 2.13. The second-order valence-corrected chi connectivity index (χ2v) is 5.23. The molecule has 5 heteroatoms. The molecular formula is C18H18N4O. The fourth-order valence-corrected chi connectivity index (χ4v) is 2.31. The number of hydrogen-bond acceptors (Lipinski definition) is 3. The molecule has 3 aromatic rings. The Kier molecular flexibility index (Phi) is 4.19. The topological polar surface area (TPSA) is 51.0 Å². The maximum Gasteiger partial charge on any atom is 0.257 e. The van der Waals surface area contributed by atoms with Gasteiger partial charge in [0.05, 0.1) is 11.3 Å². The van der Waals surface area contributed by atoms with Crippen molar-refractivity contribution in [1.82, 2.24) is 19.7 Å². The smallest absolute Gasteiger partial charge is 0.257 e. The molecule has 0 bridgehead atoms. The Morgan fingerprint density at radius 3 is 2.61 bits per heavy atom. The number of carbonyl (C=O) groups is 1. The molecule has 0 aliphatic heterocycles. The van der Waals surface area contributed by atoms with Gasteiger partial charge in [-0.15, -0.1) is 0 Å². The third-order valence-corrected chi connectivity index (χ3v) is 3.72. The lowest BCUT2D eigenvalue weighted by Gasteiger charge is -2.13. The fourth-order valence-electron chi connectivity index (χ4n) is 2.31. The van der Waals surface area contributed by atoms with Gasteiger partial charge in [-0.1, -0.05) is 18.2 Å². The summed E-state index contributed by atoms with van der Waals surface area (Å²) in [6.07, 6.45) is 5.21. The molecule has 0 radical (unpaired) electrons. The molecule has 2 heterocycles. The summed E-state index contributed by atoms with van der Waals surface area (Å²) in [6, 6.07) is 13.5. The third-order valence-electron chi connectivity index (χ3n) is 3.72. The lowest BCUT2D eigenvalue weighted by molar-refractivity contribution is 0.0803. The van der Waals surface area contributed by atoms with Crippen LogP contribution in [0, 0.1) is 0 Å². The van der Waals surface area contributed by atoms with E-state index in [1.807, 2.05) is 49.4 Å². The van der Waals surface area contributed by atoms with Crippen molar-refractivity contribution in [2.24, 2.45) is 0 Å². The highest BCUT2D eigenvalue weighted by Crippen LogP contribution is 2.24. The van der Waals surface area contributed by atoms with E-state index >= 15 is 0 Å². The van der Waals surface area contributed by atoms with Crippen molar-refractivity contribution in [1.29, 1.82) is 0 Å². The second-order valence-electron chi connectivity index (χ2n) is 5.23. The van der Waals surface area contributed by atoms with E-state index in [-0.39, 0.29) is 5.91 Å². The summed E-state index contributed by atoms with van der Waals surface area (Å²) in [6.45, 7) is 2.59. The van der Waals surface area contributed by atoms with Gasteiger partial charge in [-0.2, -0.15) is 5.10 Å². The number of amides is 1. The normalized spacial score (nSPS) is 10.5. The highest BCUT2D eigenvalue weighted by atomic mass is 16.2. The predicted octanol–water partition coefficient (Wildman–Crippen LogP) is 3.03. The molecule has 5 nitrogen and oxygen atoms in total. The summed E-state index contributed by atoms with van der Waals surface area (Å²) in [7, 11) is 1.79. The van der Waals surface area contributed by atoms with E-state index in [1.165, 1.54) is 0 Å². The van der Waals surface area contributed by atoms with E-state index in [9.17, 15) is 4.79 Å². The van der Waals surface area contributed by atoms with Crippen LogP contribution in [0.3, 0.4) is 0 Å². The summed E-state index contributed by atoms with van der Waals surface area (Å²) in [4.78, 5) is 18.5. The number of hydrogen-bond donors (Lipinski definition) is 0. The van der Waals surface area contributed by atoms with E-state index in [2.05, 4.69) is 10.1 Å². The number of rotatable bonds is 4. The van der Waals surface area contributed by atoms with Crippen molar-refractivity contribution < 1.29 is 4.79 Å². The average Bonchev–Trinajstić information content (AvgIpc) is 3.07. The standard InChI is InChI=1S/C18H18N4O/c1-3-21(2)18(23)16-13-22(15-9-5-4-6-10-15)20-17(16)14-8-7-11-19-12-14/h4-13H,3H2,1-2H3. The molecule has 116 valence electrons. The van der Waals surface area contributed by atoms with Crippen LogP contribution in [0.15, 0.2) is 61.1 Å². The average molecular weight is 306 g/mol. The molecule has 0 unspecified atom stereocenters. The van der Waals surface area contributed by atoms with E-state index < -0.39 is 0 Å². The van der Waals surface area contributed by atoms with Gasteiger partial charge in [-0.3, -0.25) is 9.78 Å². The van der Waals surface area contributed by atoms with Gasteiger partial charge < -0.3 is 4.90 Å². The minimum Gasteiger partial charge on any atom is -0.342 e. The summed E-state index contributed by atoms with van der Waals surface area (Å²) in [5, 5.41) is 4.62. The molecule has 1 aromatic carbocycles. The van der Waals surface area contributed by atoms with Crippen LogP contribution in [0.4, 0.5) is 0 Å². The number of pyridine rings is 1. The van der Waals surface area contributed by atoms with E-state index in [0.29, 0.717) is 17.8 Å². The zero-order chi connectivity index (χ0) is 16.2. The van der Waals surface area contributed by atoms with Crippen LogP contribution in [0.2, 0.25) is 0 Å². The van der Waals surface area contributed by atoms with Crippen molar-refractivity contribution in [2.75, 3.05) is 13.6 Å². The molecule has 23 heavy (non-hydrogen) atoms. The van der Waals surface area contributed by atoms with Crippen LogP contribution in [0.1, 0.15) is 17.3 Å². The first-order valence-corrected chi connectivity index (χ1v) is 7.51. The first kappa shape index (κ1) is 15.0. The quantitative estimate of drug-likeness (QED) is 0.744. The predicted molar refractivity (Wildman–Crippen MR) is 89.4 cm³/mol. The van der Waals surface area contributed by atoms with E-state index in [0.717, 1.165) is 11.3 Å². The minimum atomic E-state index is -0.0477. The van der Waals surface area contributed by atoms with E-state index in [4.69, 9.17) is 0 Å². The van der Waals surface area contributed by atoms with E-state index in [1.54, 1.807) is 35.2 Å². The Morgan fingerprint density at radius 2 is 1.96 bits per heavy atom. The molecule has 0 N–H and O–H groups in total. The van der Waals surface area contributed by atoms with Gasteiger partial charge in [0.15, 0.2) is 0 Å². The van der Waals surface area contributed by atoms with Crippen LogP contribution in [0.25, 0.3) is 16.9 Å². The summed E-state index contributed by atoms with van der Waals surface area (Å²) >= 11 is 0. The highest BCUT2D eigenvalue weighted by Gasteiger charge is 2.20. The van der Waals surface area contributed by atoms with Gasteiger partial charge in [0.1, 0.15) is 5.69 Å². The number of nitrogens with zero attached hydrogens (tertiary/aromatic N) is 4. The lowest BCUT2D eigenvalue weighted by atomic mass is 10.1. The minimum absolute atomic E-state index is 0.0477. The van der Waals surface area contributed by atoms with Gasteiger partial charge in [-0.05, 0) is 31.2 Å². The number of benzene rings is 1. The molecule has 0 aliphatic carbocycles. The number of aromatic nitrogens is 3. The van der Waals surface area contributed by atoms with Crippen molar-refractivity contribution in [3.8, 4) is 16.9 Å². The first-order valence-electron chi connectivity index (χ1n) is 7.51. The van der Waals surface area contributed by atoms with Crippen LogP contribution < -0.4 is 0 Å². The van der Waals surface area contributed by atoms with Gasteiger partial charge >= 0.3 is 0 Å². The van der Waals surface area contributed by atoms with Gasteiger partial charge in [0, 0.05) is 37.7 Å². The number of carbonyl (C=O) groups excluding carboxylic acids is 1. The SMILES string of the molecule is CCN(C)C(=O)c1cn(-c2ccccc2)nc1-c1cccnc1. The Bertz CT molecular complexity index is 796. The van der Waals surface area contributed by atoms with Crippen molar-refractivity contribution in [3.63, 3.8) is 0 Å². The van der Waals surface area contributed by atoms with Crippen molar-refractivity contribution >= 4 is 5.91 Å². The Hall–Kier alpha value is -2.95. The van der Waals surface area contributed by atoms with Crippen molar-refractivity contribution in [2.45, 2.75) is 6.92 Å². The van der Waals surface area contributed by atoms with Crippen LogP contribution in [0.5, 0.6) is 0 Å². The van der Waals surface area contributed by atoms with Gasteiger partial charge in [-0.25, -0.2) is 4.68 Å². The molecule has 0 fully saturated rings. The molecule has 1 amide bonds. The fraction of sp³-hybridized carbons (Fsp3) is 0.167. The maximum absolute atomic E-state index is 12.7. The maximum atomic E-state index is 12.7. The molecule has 0 atom stereocenters. The molecule has 0 spiro atoms. The second kappa shape index (κ2) is 6.44. The van der Waals surface area contributed by atoms with Gasteiger partial charge in [0.25, 0.3) is 5.91 Å². The summed E-state index contributed by atoms with van der Waals surface area (Å²) in [5.74, 6) is -0.0477. The Morgan fingerprint density at radius 1 is 1.17 bits per heavy atom. The van der Waals surface area contributed by atoms with Crippen LogP contribution in [-0.4, -0.2) is 39.2 Å². The van der Waals surface area contributed by atoms with Gasteiger partial charge in [0.2, 0.25) is 0 Å². The largest absolute Gasteiger partial charge is 0.342 e. The molecule has 2 aromatic heterocycles. The highest BCUT2D eigenvalue weighted by molar-refractivity contribution is 5.99. The zero-order valence-electron chi connectivity index (χ0n) is 13.2. The summed E-state index contributed by atoms with van der Waals surface area (Å²) < 4.78 is 1.74. The molecular weight excluding hydrogens is 288 g/mol. The lowest BCUT2D eigenvalue weighted by Crippen LogP contribution is -2.26. The molecule has 3 rings (SSSR count). The summed E-state index contributed by atoms with van der Waals surface area (Å²) in [5.41, 5.74) is 2.96. The third kappa shape index (κ3) is 2.99. The zero-order valence-corrected chi connectivity index (χ0v) is 13.2. The molecule has 0 saturated heterocycles. The van der Waals surface area contributed by atoms with Crippen LogP contribution >= 0.6 is 0 Å². The molecule has 0 aliphatic rings. The van der Waals surface area contributed by atoms with Crippen molar-refractivity contribution in [3.05, 3.63) is 66.6 Å². The Labute approximate surface area is 135 Å². The van der Waals surface area contributed by atoms with Crippen LogP contribution in [-0.2, 0) is 0 Å². The number of para-hydroxylation sites is 1. The molecule has 0 saturated carbocycles. The first-order chi connectivity index (χ1) is 11.2.